The average molecular weight is 274 g/mol. The summed E-state index contributed by atoms with van der Waals surface area (Å²) < 4.78 is 0. The summed E-state index contributed by atoms with van der Waals surface area (Å²) in [5.41, 5.74) is 7.35. The number of nitrogens with zero attached hydrogens (tertiary/aromatic N) is 1. The van der Waals surface area contributed by atoms with E-state index in [0.717, 1.165) is 45.1 Å². The van der Waals surface area contributed by atoms with E-state index >= 15 is 0 Å². The lowest BCUT2D eigenvalue weighted by Crippen LogP contribution is -2.46. The van der Waals surface area contributed by atoms with Gasteiger partial charge in [-0.1, -0.05) is 50.1 Å². The number of rotatable bonds is 6. The molecule has 0 radical (unpaired) electrons. The van der Waals surface area contributed by atoms with Gasteiger partial charge in [-0.3, -0.25) is 4.79 Å². The highest BCUT2D eigenvalue weighted by Gasteiger charge is 2.31. The highest BCUT2D eigenvalue weighted by Crippen LogP contribution is 2.22. The number of unbranched alkanes of at least 4 members (excludes halogenated alkanes) is 1. The van der Waals surface area contributed by atoms with Gasteiger partial charge in [0, 0.05) is 12.6 Å². The normalized spacial score (nSPS) is 20.1. The Morgan fingerprint density at radius 1 is 1.40 bits per heavy atom. The molecule has 0 bridgehead atoms. The Morgan fingerprint density at radius 2 is 2.15 bits per heavy atom. The number of amides is 1. The van der Waals surface area contributed by atoms with E-state index < -0.39 is 0 Å². The summed E-state index contributed by atoms with van der Waals surface area (Å²) in [5, 5.41) is 0. The first-order valence-electron chi connectivity index (χ1n) is 7.82. The van der Waals surface area contributed by atoms with Gasteiger partial charge >= 0.3 is 0 Å². The Bertz CT molecular complexity index is 418. The first kappa shape index (κ1) is 15.0. The van der Waals surface area contributed by atoms with Gasteiger partial charge in [0.1, 0.15) is 0 Å². The van der Waals surface area contributed by atoms with Crippen LogP contribution >= 0.6 is 0 Å². The van der Waals surface area contributed by atoms with E-state index in [4.69, 9.17) is 5.73 Å². The molecule has 0 aromatic heterocycles. The van der Waals surface area contributed by atoms with Crippen LogP contribution in [0.15, 0.2) is 30.3 Å². The number of nitrogens with two attached hydrogens (primary N) is 1. The Morgan fingerprint density at radius 3 is 2.85 bits per heavy atom. The summed E-state index contributed by atoms with van der Waals surface area (Å²) in [7, 11) is 0. The van der Waals surface area contributed by atoms with Crippen LogP contribution in [0.25, 0.3) is 0 Å². The molecule has 2 N–H and O–H groups in total. The minimum absolute atomic E-state index is 0.150. The number of hydrogen-bond acceptors (Lipinski definition) is 2. The molecule has 1 aliphatic heterocycles. The van der Waals surface area contributed by atoms with Crippen molar-refractivity contribution in [1.29, 1.82) is 0 Å². The summed E-state index contributed by atoms with van der Waals surface area (Å²) in [4.78, 5) is 14.5. The van der Waals surface area contributed by atoms with Gasteiger partial charge in [-0.2, -0.15) is 0 Å². The standard InChI is InChI=1S/C17H26N2O/c1-2-3-11-16(18)17(20)19-12-7-10-15(19)13-14-8-5-4-6-9-14/h4-6,8-9,15-16H,2-3,7,10-13,18H2,1H3/t15?,16-/m0/s1. The van der Waals surface area contributed by atoms with Crippen molar-refractivity contribution in [3.8, 4) is 0 Å². The van der Waals surface area contributed by atoms with E-state index in [1.807, 2.05) is 11.0 Å². The van der Waals surface area contributed by atoms with Gasteiger partial charge < -0.3 is 10.6 Å². The molecule has 0 spiro atoms. The Labute approximate surface area is 122 Å². The third-order valence-electron chi connectivity index (χ3n) is 4.16. The topological polar surface area (TPSA) is 46.3 Å². The van der Waals surface area contributed by atoms with Crippen LogP contribution in [0.1, 0.15) is 44.6 Å². The van der Waals surface area contributed by atoms with Crippen LogP contribution in [-0.2, 0) is 11.2 Å². The minimum Gasteiger partial charge on any atom is -0.338 e. The molecule has 110 valence electrons. The molecule has 20 heavy (non-hydrogen) atoms. The number of carbonyl (C=O) groups excluding carboxylic acids is 1. The maximum absolute atomic E-state index is 12.5. The van der Waals surface area contributed by atoms with Gasteiger partial charge in [0.05, 0.1) is 6.04 Å². The molecule has 1 aliphatic rings. The molecular formula is C17H26N2O. The lowest BCUT2D eigenvalue weighted by atomic mass is 10.0. The molecule has 1 fully saturated rings. The maximum atomic E-state index is 12.5. The van der Waals surface area contributed by atoms with Crippen molar-refractivity contribution in [3.05, 3.63) is 35.9 Å². The predicted octanol–water partition coefficient (Wildman–Crippen LogP) is 2.74. The van der Waals surface area contributed by atoms with Gasteiger partial charge in [-0.15, -0.1) is 0 Å². The zero-order valence-corrected chi connectivity index (χ0v) is 12.4. The van der Waals surface area contributed by atoms with Crippen LogP contribution in [0.3, 0.4) is 0 Å². The van der Waals surface area contributed by atoms with Crippen molar-refractivity contribution in [2.45, 2.75) is 57.5 Å². The van der Waals surface area contributed by atoms with Crippen molar-refractivity contribution >= 4 is 5.91 Å². The van der Waals surface area contributed by atoms with Gasteiger partial charge in [-0.05, 0) is 31.2 Å². The lowest BCUT2D eigenvalue weighted by Gasteiger charge is -2.27. The second kappa shape index (κ2) is 7.44. The fourth-order valence-electron chi connectivity index (χ4n) is 2.98. The van der Waals surface area contributed by atoms with Gasteiger partial charge in [-0.25, -0.2) is 0 Å². The van der Waals surface area contributed by atoms with E-state index in [-0.39, 0.29) is 11.9 Å². The molecule has 1 saturated heterocycles. The van der Waals surface area contributed by atoms with Crippen LogP contribution in [0, 0.1) is 0 Å². The van der Waals surface area contributed by atoms with E-state index in [1.165, 1.54) is 5.56 Å². The number of hydrogen-bond donors (Lipinski definition) is 1. The number of carbonyl (C=O) groups is 1. The van der Waals surface area contributed by atoms with Crippen LogP contribution in [0.4, 0.5) is 0 Å². The molecule has 1 heterocycles. The molecular weight excluding hydrogens is 248 g/mol. The molecule has 1 amide bonds. The van der Waals surface area contributed by atoms with Crippen molar-refractivity contribution < 1.29 is 4.79 Å². The number of likely N-dealkylation sites (tertiary alicyclic amines) is 1. The Balaban J connectivity index is 1.94. The third-order valence-corrected chi connectivity index (χ3v) is 4.16. The highest BCUT2D eigenvalue weighted by atomic mass is 16.2. The first-order chi connectivity index (χ1) is 9.72. The maximum Gasteiger partial charge on any atom is 0.239 e. The van der Waals surface area contributed by atoms with E-state index in [1.54, 1.807) is 0 Å². The molecule has 2 rings (SSSR count). The summed E-state index contributed by atoms with van der Waals surface area (Å²) in [5.74, 6) is 0.150. The van der Waals surface area contributed by atoms with Gasteiger partial charge in [0.15, 0.2) is 0 Å². The summed E-state index contributed by atoms with van der Waals surface area (Å²) in [6.07, 6.45) is 6.08. The van der Waals surface area contributed by atoms with E-state index in [2.05, 4.69) is 31.2 Å². The molecule has 0 saturated carbocycles. The number of benzene rings is 1. The molecule has 0 aliphatic carbocycles. The third kappa shape index (κ3) is 3.83. The van der Waals surface area contributed by atoms with Crippen LogP contribution in [0.5, 0.6) is 0 Å². The van der Waals surface area contributed by atoms with Gasteiger partial charge in [0.2, 0.25) is 5.91 Å². The quantitative estimate of drug-likeness (QED) is 0.867. The molecule has 3 heteroatoms. The fraction of sp³-hybridized carbons (Fsp3) is 0.588. The largest absolute Gasteiger partial charge is 0.338 e. The van der Waals surface area contributed by atoms with Crippen LogP contribution in [-0.4, -0.2) is 29.4 Å². The summed E-state index contributed by atoms with van der Waals surface area (Å²) >= 11 is 0. The average Bonchev–Trinajstić information content (AvgIpc) is 2.93. The zero-order chi connectivity index (χ0) is 14.4. The first-order valence-corrected chi connectivity index (χ1v) is 7.82. The summed E-state index contributed by atoms with van der Waals surface area (Å²) in [6.45, 7) is 3.00. The molecule has 1 aromatic carbocycles. The Kier molecular flexibility index (Phi) is 5.60. The van der Waals surface area contributed by atoms with Crippen molar-refractivity contribution in [3.63, 3.8) is 0 Å². The zero-order valence-electron chi connectivity index (χ0n) is 12.4. The predicted molar refractivity (Wildman–Crippen MR) is 82.4 cm³/mol. The second-order valence-corrected chi connectivity index (χ2v) is 5.77. The molecule has 1 aromatic rings. The van der Waals surface area contributed by atoms with Crippen molar-refractivity contribution in [1.82, 2.24) is 4.90 Å². The smallest absolute Gasteiger partial charge is 0.239 e. The summed E-state index contributed by atoms with van der Waals surface area (Å²) in [6, 6.07) is 10.4. The van der Waals surface area contributed by atoms with Crippen molar-refractivity contribution in [2.75, 3.05) is 6.54 Å². The molecule has 2 atom stereocenters. The minimum atomic E-state index is -0.314. The molecule has 1 unspecified atom stereocenters. The van der Waals surface area contributed by atoms with Crippen LogP contribution in [0.2, 0.25) is 0 Å². The fourth-order valence-corrected chi connectivity index (χ4v) is 2.98. The van der Waals surface area contributed by atoms with Gasteiger partial charge in [0.25, 0.3) is 0 Å². The molecule has 3 nitrogen and oxygen atoms in total. The monoisotopic (exact) mass is 274 g/mol. The van der Waals surface area contributed by atoms with Crippen LogP contribution < -0.4 is 5.73 Å². The lowest BCUT2D eigenvalue weighted by molar-refractivity contribution is -0.133. The van der Waals surface area contributed by atoms with Crippen molar-refractivity contribution in [2.24, 2.45) is 5.73 Å². The Hall–Kier alpha value is -1.35. The van der Waals surface area contributed by atoms with E-state index in [9.17, 15) is 4.79 Å². The second-order valence-electron chi connectivity index (χ2n) is 5.77. The van der Waals surface area contributed by atoms with E-state index in [0.29, 0.717) is 6.04 Å². The highest BCUT2D eigenvalue weighted by molar-refractivity contribution is 5.82. The SMILES string of the molecule is CCCC[C@H](N)C(=O)N1CCCC1Cc1ccccc1.